The minimum Gasteiger partial charge on any atom is -0.0561 e. The summed E-state index contributed by atoms with van der Waals surface area (Å²) in [5.74, 6) is 0. The number of hydrogen-bond acceptors (Lipinski definition) is 0. The molecule has 0 amide bonds. The van der Waals surface area contributed by atoms with Crippen LogP contribution >= 0.6 is 22.6 Å². The summed E-state index contributed by atoms with van der Waals surface area (Å²) in [5, 5.41) is 0. The van der Waals surface area contributed by atoms with Crippen LogP contribution in [0.1, 0.15) is 56.8 Å². The van der Waals surface area contributed by atoms with Crippen molar-refractivity contribution in [3.05, 3.63) is 32.8 Å². The smallest absolute Gasteiger partial charge is 0.0561 e. The van der Waals surface area contributed by atoms with Crippen LogP contribution in [0.15, 0.2) is 18.1 Å². The van der Waals surface area contributed by atoms with E-state index in [-0.39, 0.29) is 10.8 Å². The normalized spacial score (nSPS) is 15.8. The van der Waals surface area contributed by atoms with E-state index in [0.717, 1.165) is 11.1 Å². The van der Waals surface area contributed by atoms with Crippen molar-refractivity contribution in [3.8, 4) is 0 Å². The number of benzene rings is 1. The Bertz CT molecular complexity index is 438. The zero-order valence-corrected chi connectivity index (χ0v) is 12.5. The molecule has 0 saturated heterocycles. The van der Waals surface area contributed by atoms with Crippen molar-refractivity contribution >= 4 is 22.6 Å². The fraction of sp³-hybridized carbons (Fsp3) is 0.571. The monoisotopic (exact) mass is 319 g/mol. The molecule has 0 bridgehead atoms. The third-order valence-corrected chi connectivity index (χ3v) is 2.76. The lowest BCUT2D eigenvalue weighted by atomic mass is 9.81. The first-order valence-electron chi connectivity index (χ1n) is 6.69. The van der Waals surface area contributed by atoms with Crippen molar-refractivity contribution in [2.75, 3.05) is 0 Å². The summed E-state index contributed by atoms with van der Waals surface area (Å²) >= 11 is 2.06. The van der Waals surface area contributed by atoms with Crippen LogP contribution in [0, 0.1) is 3.57 Å². The first-order valence-corrected chi connectivity index (χ1v) is 6.27. The minimum atomic E-state index is -0.248. The second-order valence-electron chi connectivity index (χ2n) is 5.94. The number of hydrogen-bond donors (Lipinski definition) is 0. The first kappa shape index (κ1) is 9.03. The summed E-state index contributed by atoms with van der Waals surface area (Å²) in [7, 11) is 0. The Labute approximate surface area is 112 Å². The summed E-state index contributed by atoms with van der Waals surface area (Å²) in [6.07, 6.45) is 0. The molecule has 0 spiro atoms. The molecule has 0 aliphatic heterocycles. The molecule has 15 heavy (non-hydrogen) atoms. The van der Waals surface area contributed by atoms with Crippen LogP contribution in [0.25, 0.3) is 0 Å². The number of halogens is 1. The summed E-state index contributed by atoms with van der Waals surface area (Å²) in [5.41, 5.74) is 0.990. The molecule has 0 unspecified atom stereocenters. The van der Waals surface area contributed by atoms with Gasteiger partial charge in [0.15, 0.2) is 0 Å². The van der Waals surface area contributed by atoms with Crippen molar-refractivity contribution < 1.29 is 4.11 Å². The van der Waals surface area contributed by atoms with Crippen molar-refractivity contribution in [3.63, 3.8) is 0 Å². The van der Waals surface area contributed by atoms with E-state index in [1.165, 1.54) is 0 Å². The van der Waals surface area contributed by atoms with Crippen LogP contribution in [0.2, 0.25) is 0 Å². The summed E-state index contributed by atoms with van der Waals surface area (Å²) in [4.78, 5) is 0. The minimum absolute atomic E-state index is 0.248. The van der Waals surface area contributed by atoms with E-state index in [0.29, 0.717) is 21.7 Å². The zero-order valence-electron chi connectivity index (χ0n) is 13.4. The Balaban J connectivity index is 3.83. The lowest BCUT2D eigenvalue weighted by molar-refractivity contribution is 0.568. The topological polar surface area (TPSA) is 0 Å². The summed E-state index contributed by atoms with van der Waals surface area (Å²) in [6, 6.07) is 1.04. The van der Waals surface area contributed by atoms with Crippen LogP contribution < -0.4 is 0 Å². The fourth-order valence-corrected chi connectivity index (χ4v) is 1.73. The predicted octanol–water partition coefficient (Wildman–Crippen LogP) is 4.89. The third kappa shape index (κ3) is 3.47. The molecule has 0 radical (unpaired) electrons. The van der Waals surface area contributed by atoms with Gasteiger partial charge in [0, 0.05) is 3.57 Å². The predicted molar refractivity (Wildman–Crippen MR) is 76.6 cm³/mol. The van der Waals surface area contributed by atoms with E-state index >= 15 is 0 Å². The van der Waals surface area contributed by atoms with E-state index in [2.05, 4.69) is 22.6 Å². The van der Waals surface area contributed by atoms with Gasteiger partial charge < -0.3 is 0 Å². The second-order valence-corrected chi connectivity index (χ2v) is 7.02. The van der Waals surface area contributed by atoms with Gasteiger partial charge in [0.05, 0.1) is 4.11 Å². The Kier molecular flexibility index (Phi) is 2.46. The summed E-state index contributed by atoms with van der Waals surface area (Å²) < 4.78 is 25.4. The molecule has 0 saturated carbocycles. The zero-order chi connectivity index (χ0) is 14.5. The largest absolute Gasteiger partial charge is 0.0637 e. The molecule has 0 aromatic heterocycles. The van der Waals surface area contributed by atoms with Gasteiger partial charge in [0.1, 0.15) is 0 Å². The molecular formula is C14H21I. The van der Waals surface area contributed by atoms with Gasteiger partial charge in [-0.25, -0.2) is 0 Å². The van der Waals surface area contributed by atoms with Gasteiger partial charge in [-0.05, 0) is 56.6 Å². The molecule has 1 aromatic carbocycles. The Morgan fingerprint density at radius 3 is 1.47 bits per heavy atom. The standard InChI is InChI=1S/C14H21I/c1-13(2,3)10-7-11(14(4,5)6)9-12(15)8-10/h7-9H,1-6H3/i7D,8D,9D. The molecule has 0 heterocycles. The van der Waals surface area contributed by atoms with Gasteiger partial charge in [-0.2, -0.15) is 0 Å². The summed E-state index contributed by atoms with van der Waals surface area (Å²) in [6.45, 7) is 12.1. The molecule has 0 N–H and O–H groups in total. The van der Waals surface area contributed by atoms with Crippen LogP contribution in [0.5, 0.6) is 0 Å². The van der Waals surface area contributed by atoms with Crippen molar-refractivity contribution in [2.45, 2.75) is 52.4 Å². The first-order chi connectivity index (χ1) is 7.89. The fourth-order valence-electron chi connectivity index (χ4n) is 1.19. The number of rotatable bonds is 0. The van der Waals surface area contributed by atoms with E-state index in [9.17, 15) is 0 Å². The average molecular weight is 319 g/mol. The van der Waals surface area contributed by atoms with Crippen molar-refractivity contribution in [1.29, 1.82) is 0 Å². The molecule has 0 nitrogen and oxygen atoms in total. The van der Waals surface area contributed by atoms with E-state index in [4.69, 9.17) is 4.11 Å². The van der Waals surface area contributed by atoms with Crippen LogP contribution in [-0.2, 0) is 10.8 Å². The highest BCUT2D eigenvalue weighted by molar-refractivity contribution is 14.1. The van der Waals surface area contributed by atoms with Gasteiger partial charge in [-0.15, -0.1) is 0 Å². The van der Waals surface area contributed by atoms with Gasteiger partial charge in [-0.3, -0.25) is 0 Å². The molecule has 1 aromatic rings. The SMILES string of the molecule is [2H]c1c(I)c([2H])c(C(C)(C)C)c([2H])c1C(C)(C)C. The molecular weight excluding hydrogens is 295 g/mol. The molecule has 1 rings (SSSR count). The molecule has 84 valence electrons. The van der Waals surface area contributed by atoms with Crippen LogP contribution in [-0.4, -0.2) is 0 Å². The maximum absolute atomic E-state index is 8.39. The Hall–Kier alpha value is -0.0500. The molecule has 0 atom stereocenters. The molecule has 0 fully saturated rings. The highest BCUT2D eigenvalue weighted by Crippen LogP contribution is 2.30. The highest BCUT2D eigenvalue weighted by atomic mass is 127. The van der Waals surface area contributed by atoms with Crippen molar-refractivity contribution in [1.82, 2.24) is 0 Å². The maximum Gasteiger partial charge on any atom is 0.0637 e. The second kappa shape index (κ2) is 4.08. The van der Waals surface area contributed by atoms with Crippen molar-refractivity contribution in [2.24, 2.45) is 0 Å². The van der Waals surface area contributed by atoms with E-state index in [1.54, 1.807) is 0 Å². The average Bonchev–Trinajstić information content (AvgIpc) is 2.09. The molecule has 0 aliphatic rings. The Morgan fingerprint density at radius 1 is 0.867 bits per heavy atom. The lowest BCUT2D eigenvalue weighted by Crippen LogP contribution is -2.16. The van der Waals surface area contributed by atoms with Gasteiger partial charge in [-0.1, -0.05) is 47.6 Å². The molecule has 1 heteroatoms. The quantitative estimate of drug-likeness (QED) is 0.598. The van der Waals surface area contributed by atoms with Gasteiger partial charge >= 0.3 is 0 Å². The Morgan fingerprint density at radius 2 is 1.20 bits per heavy atom. The molecule has 0 aliphatic carbocycles. The van der Waals surface area contributed by atoms with E-state index < -0.39 is 0 Å². The third-order valence-electron chi connectivity index (χ3n) is 2.22. The van der Waals surface area contributed by atoms with Gasteiger partial charge in [0.2, 0.25) is 0 Å². The van der Waals surface area contributed by atoms with Gasteiger partial charge in [0.25, 0.3) is 0 Å². The van der Waals surface area contributed by atoms with Crippen LogP contribution in [0.4, 0.5) is 0 Å². The van der Waals surface area contributed by atoms with Crippen LogP contribution in [0.3, 0.4) is 0 Å². The highest BCUT2D eigenvalue weighted by Gasteiger charge is 2.19. The maximum atomic E-state index is 8.39. The lowest BCUT2D eigenvalue weighted by Gasteiger charge is -2.25. The van der Waals surface area contributed by atoms with E-state index in [1.807, 2.05) is 41.5 Å².